The maximum Gasteiger partial charge on any atom is 0.460 e. The molecule has 380 valence electrons. The summed E-state index contributed by atoms with van der Waals surface area (Å²) >= 11 is 0. The molecule has 0 nitrogen and oxygen atoms in total. The standard InChI is InChI=1S/C34H41F29/c1-2-3-4-5-6-7-8-9-10-11-12-13-14-15-16-17-18-19-20-21(35,36)22(37,38)23(39,40)24(41,42)25(43,44)26(45,46)27(47,48)28(49,50)29(51,52)30(53,54)31(55,56)32(57,58)33(59,60)34(61,62)63/h2-20H2,1H3. The second kappa shape index (κ2) is 20.5. The molecule has 0 aromatic carbocycles. The molecule has 0 heterocycles. The predicted molar refractivity (Wildman–Crippen MR) is 164 cm³/mol. The molecular weight excluding hydrogens is 959 g/mol. The van der Waals surface area contributed by atoms with Crippen LogP contribution in [0.1, 0.15) is 129 Å². The summed E-state index contributed by atoms with van der Waals surface area (Å²) in [5, 5.41) is 0. The van der Waals surface area contributed by atoms with Crippen molar-refractivity contribution in [2.75, 3.05) is 0 Å². The number of hydrogen-bond acceptors (Lipinski definition) is 0. The number of halogens is 29. The van der Waals surface area contributed by atoms with E-state index in [0.29, 0.717) is 19.3 Å². The molecule has 0 N–H and O–H groups in total. The molecule has 0 unspecified atom stereocenters. The van der Waals surface area contributed by atoms with Gasteiger partial charge in [-0.1, -0.05) is 116 Å². The molecule has 0 bridgehead atoms. The second-order valence-corrected chi connectivity index (χ2v) is 14.9. The lowest BCUT2D eigenvalue weighted by molar-refractivity contribution is -0.487. The van der Waals surface area contributed by atoms with E-state index in [-0.39, 0.29) is 12.8 Å². The van der Waals surface area contributed by atoms with E-state index in [4.69, 9.17) is 0 Å². The summed E-state index contributed by atoms with van der Waals surface area (Å²) in [6, 6.07) is 0. The van der Waals surface area contributed by atoms with Crippen molar-refractivity contribution >= 4 is 0 Å². The molecule has 0 amide bonds. The maximum absolute atomic E-state index is 14.2. The van der Waals surface area contributed by atoms with E-state index in [1.807, 2.05) is 0 Å². The number of alkyl halides is 29. The minimum Gasteiger partial charge on any atom is -0.200 e. The summed E-state index contributed by atoms with van der Waals surface area (Å²) in [7, 11) is 0. The van der Waals surface area contributed by atoms with Crippen molar-refractivity contribution in [3.8, 4) is 0 Å². The van der Waals surface area contributed by atoms with Crippen LogP contribution >= 0.6 is 0 Å². The number of unbranched alkanes of at least 4 members (excludes halogenated alkanes) is 17. The Balaban J connectivity index is 6.01. The van der Waals surface area contributed by atoms with E-state index in [9.17, 15) is 127 Å². The van der Waals surface area contributed by atoms with Gasteiger partial charge in [-0.2, -0.15) is 127 Å². The van der Waals surface area contributed by atoms with Gasteiger partial charge in [0, 0.05) is 6.42 Å². The third-order valence-electron chi connectivity index (χ3n) is 10.00. The van der Waals surface area contributed by atoms with Gasteiger partial charge in [0.15, 0.2) is 0 Å². The molecule has 0 saturated carbocycles. The molecule has 0 aliphatic heterocycles. The third-order valence-corrected chi connectivity index (χ3v) is 10.00. The Morgan fingerprint density at radius 1 is 0.190 bits per heavy atom. The summed E-state index contributed by atoms with van der Waals surface area (Å²) < 4.78 is 397. The molecule has 0 rings (SSSR count). The fourth-order valence-corrected chi connectivity index (χ4v) is 5.79. The zero-order chi connectivity index (χ0) is 50.4. The first-order chi connectivity index (χ1) is 27.8. The summed E-state index contributed by atoms with van der Waals surface area (Å²) in [5.41, 5.74) is 0. The Morgan fingerprint density at radius 3 is 0.540 bits per heavy atom. The van der Waals surface area contributed by atoms with Crippen molar-refractivity contribution in [1.29, 1.82) is 0 Å². The van der Waals surface area contributed by atoms with Gasteiger partial charge in [0.25, 0.3) is 0 Å². The van der Waals surface area contributed by atoms with E-state index in [2.05, 4.69) is 6.92 Å². The van der Waals surface area contributed by atoms with Crippen molar-refractivity contribution in [1.82, 2.24) is 0 Å². The highest BCUT2D eigenvalue weighted by molar-refractivity contribution is 5.21. The Hall–Kier alpha value is -2.03. The van der Waals surface area contributed by atoms with Gasteiger partial charge >= 0.3 is 83.2 Å². The second-order valence-electron chi connectivity index (χ2n) is 14.9. The van der Waals surface area contributed by atoms with Crippen molar-refractivity contribution < 1.29 is 127 Å². The fraction of sp³-hybridized carbons (Fsp3) is 1.00. The molecule has 0 aliphatic carbocycles. The van der Waals surface area contributed by atoms with Gasteiger partial charge in [-0.3, -0.25) is 0 Å². The lowest BCUT2D eigenvalue weighted by Crippen LogP contribution is -2.79. The van der Waals surface area contributed by atoms with Crippen LogP contribution in [0.3, 0.4) is 0 Å². The molecular formula is C34H41F29. The lowest BCUT2D eigenvalue weighted by atomic mass is 9.83. The van der Waals surface area contributed by atoms with Crippen LogP contribution in [0.25, 0.3) is 0 Å². The zero-order valence-corrected chi connectivity index (χ0v) is 32.4. The van der Waals surface area contributed by atoms with Crippen LogP contribution in [-0.4, -0.2) is 83.2 Å². The molecule has 0 aromatic rings. The molecule has 63 heavy (non-hydrogen) atoms. The Labute approximate surface area is 340 Å². The molecule has 0 radical (unpaired) electrons. The Kier molecular flexibility index (Phi) is 19.8. The molecule has 0 aromatic heterocycles. The van der Waals surface area contributed by atoms with Crippen LogP contribution in [0.5, 0.6) is 0 Å². The van der Waals surface area contributed by atoms with Gasteiger partial charge in [0.2, 0.25) is 0 Å². The van der Waals surface area contributed by atoms with E-state index in [1.165, 1.54) is 12.8 Å². The van der Waals surface area contributed by atoms with E-state index >= 15 is 0 Å². The van der Waals surface area contributed by atoms with Crippen molar-refractivity contribution in [2.24, 2.45) is 0 Å². The largest absolute Gasteiger partial charge is 0.460 e. The fourth-order valence-electron chi connectivity index (χ4n) is 5.79. The average Bonchev–Trinajstić information content (AvgIpc) is 3.12. The molecule has 0 spiro atoms. The van der Waals surface area contributed by atoms with Gasteiger partial charge in [-0.15, -0.1) is 0 Å². The highest BCUT2D eigenvalue weighted by atomic mass is 19.4. The van der Waals surface area contributed by atoms with Crippen LogP contribution in [0.15, 0.2) is 0 Å². The highest BCUT2D eigenvalue weighted by Gasteiger charge is 3.00. The average molecular weight is 1000 g/mol. The van der Waals surface area contributed by atoms with Gasteiger partial charge in [0.1, 0.15) is 0 Å². The van der Waals surface area contributed by atoms with Gasteiger partial charge in [0.05, 0.1) is 0 Å². The van der Waals surface area contributed by atoms with E-state index in [0.717, 1.165) is 57.8 Å². The maximum atomic E-state index is 14.2. The summed E-state index contributed by atoms with van der Waals surface area (Å²) in [4.78, 5) is 0. The number of rotatable bonds is 31. The minimum absolute atomic E-state index is 0.152. The Bertz CT molecular complexity index is 1380. The highest BCUT2D eigenvalue weighted by Crippen LogP contribution is 2.69. The van der Waals surface area contributed by atoms with Crippen molar-refractivity contribution in [3.63, 3.8) is 0 Å². The molecule has 0 aliphatic rings. The van der Waals surface area contributed by atoms with E-state index < -0.39 is 102 Å². The van der Waals surface area contributed by atoms with Crippen LogP contribution in [0.2, 0.25) is 0 Å². The SMILES string of the molecule is CCCCCCCCCCCCCCCCCCCCC(F)(F)C(F)(F)C(F)(F)C(F)(F)C(F)(F)C(F)(F)C(F)(F)C(F)(F)C(F)(F)C(F)(F)C(F)(F)C(F)(F)C(F)(F)C(F)(F)F. The smallest absolute Gasteiger partial charge is 0.200 e. The van der Waals surface area contributed by atoms with Crippen LogP contribution in [-0.2, 0) is 0 Å². The quantitative estimate of drug-likeness (QED) is 0.0480. The number of hydrogen-bond donors (Lipinski definition) is 0. The first-order valence-corrected chi connectivity index (χ1v) is 18.8. The molecule has 29 heteroatoms. The van der Waals surface area contributed by atoms with Gasteiger partial charge in [-0.05, 0) is 6.42 Å². The van der Waals surface area contributed by atoms with Gasteiger partial charge < -0.3 is 0 Å². The van der Waals surface area contributed by atoms with Crippen molar-refractivity contribution in [2.45, 2.75) is 212 Å². The normalized spacial score (nSPS) is 15.7. The summed E-state index contributed by atoms with van der Waals surface area (Å²) in [6.07, 6.45) is 0.0706. The van der Waals surface area contributed by atoms with Gasteiger partial charge in [-0.25, -0.2) is 0 Å². The lowest BCUT2D eigenvalue weighted by Gasteiger charge is -2.46. The zero-order valence-electron chi connectivity index (χ0n) is 32.4. The summed E-state index contributed by atoms with van der Waals surface area (Å²) in [6.45, 7) is 2.09. The molecule has 0 saturated heterocycles. The van der Waals surface area contributed by atoms with Crippen LogP contribution in [0, 0.1) is 0 Å². The Morgan fingerprint density at radius 2 is 0.349 bits per heavy atom. The van der Waals surface area contributed by atoms with Crippen LogP contribution < -0.4 is 0 Å². The molecule has 0 atom stereocenters. The minimum atomic E-state index is -9.91. The van der Waals surface area contributed by atoms with Crippen molar-refractivity contribution in [3.05, 3.63) is 0 Å². The topological polar surface area (TPSA) is 0 Å². The first kappa shape index (κ1) is 61.0. The van der Waals surface area contributed by atoms with E-state index in [1.54, 1.807) is 0 Å². The third kappa shape index (κ3) is 10.9. The predicted octanol–water partition coefficient (Wildman–Crippen LogP) is 17.2. The first-order valence-electron chi connectivity index (χ1n) is 18.8. The molecule has 0 fully saturated rings. The van der Waals surface area contributed by atoms with Crippen LogP contribution in [0.4, 0.5) is 127 Å². The summed E-state index contributed by atoms with van der Waals surface area (Å²) in [5.74, 6) is -120. The monoisotopic (exact) mass is 1000 g/mol.